The van der Waals surface area contributed by atoms with Gasteiger partial charge in [-0.15, -0.1) is 0 Å². The number of benzene rings is 3. The van der Waals surface area contributed by atoms with Crippen molar-refractivity contribution in [2.45, 2.75) is 13.8 Å². The molecule has 9 nitrogen and oxygen atoms in total. The summed E-state index contributed by atoms with van der Waals surface area (Å²) in [5.74, 6) is -1.03. The second kappa shape index (κ2) is 13.2. The molecule has 3 aromatic rings. The zero-order valence-electron chi connectivity index (χ0n) is 20.6. The van der Waals surface area contributed by atoms with E-state index in [0.29, 0.717) is 29.4 Å². The molecule has 3 amide bonds. The van der Waals surface area contributed by atoms with Gasteiger partial charge in [0.1, 0.15) is 18.1 Å². The van der Waals surface area contributed by atoms with E-state index in [9.17, 15) is 14.4 Å². The summed E-state index contributed by atoms with van der Waals surface area (Å²) in [6.45, 7) is 7.67. The minimum Gasteiger partial charge on any atom is -0.490 e. The monoisotopic (exact) mass is 500 g/mol. The van der Waals surface area contributed by atoms with Crippen molar-refractivity contribution in [2.75, 3.05) is 23.8 Å². The quantitative estimate of drug-likeness (QED) is 0.168. The zero-order valence-corrected chi connectivity index (χ0v) is 20.6. The lowest BCUT2D eigenvalue weighted by Gasteiger charge is -2.10. The average molecular weight is 501 g/mol. The topological polar surface area (TPSA) is 118 Å². The molecule has 37 heavy (non-hydrogen) atoms. The summed E-state index contributed by atoms with van der Waals surface area (Å²) in [4.78, 5) is 36.4. The third-order valence-electron chi connectivity index (χ3n) is 4.95. The van der Waals surface area contributed by atoms with Gasteiger partial charge in [-0.1, -0.05) is 42.5 Å². The molecule has 0 aliphatic heterocycles. The van der Waals surface area contributed by atoms with Crippen LogP contribution in [0.15, 0.2) is 84.5 Å². The van der Waals surface area contributed by atoms with Crippen molar-refractivity contribution in [3.8, 4) is 11.5 Å². The van der Waals surface area contributed by atoms with Crippen LogP contribution in [0.2, 0.25) is 0 Å². The molecule has 0 spiro atoms. The van der Waals surface area contributed by atoms with Crippen LogP contribution >= 0.6 is 0 Å². The van der Waals surface area contributed by atoms with Crippen LogP contribution in [0, 0.1) is 13.8 Å². The predicted octanol–water partition coefficient (Wildman–Crippen LogP) is 3.97. The number of rotatable bonds is 10. The Hall–Kier alpha value is -4.92. The number of nitrogens with zero attached hydrogens (tertiary/aromatic N) is 1. The standard InChI is InChI=1S/C28H28N4O5/c1-4-14-36-23-11-9-22(10-12-23)30-27(34)28(35)32-29-17-21-6-5-7-24(16-21)37-18-26(33)31-25-13-8-19(2)15-20(25)3/h4-13,15-17H,1,14,18H2,2-3H3,(H,30,34)(H,31,33)(H,32,35)/b29-17-. The Bertz CT molecular complexity index is 1300. The molecule has 0 radical (unpaired) electrons. The molecule has 0 bridgehead atoms. The van der Waals surface area contributed by atoms with Crippen LogP contribution in [0.25, 0.3) is 0 Å². The SMILES string of the molecule is C=CCOc1ccc(NC(=O)C(=O)N/N=C\c2cccc(OCC(=O)Nc3ccc(C)cc3C)c2)cc1. The smallest absolute Gasteiger partial charge is 0.329 e. The van der Waals surface area contributed by atoms with Crippen molar-refractivity contribution >= 4 is 35.3 Å². The van der Waals surface area contributed by atoms with Gasteiger partial charge < -0.3 is 20.1 Å². The lowest BCUT2D eigenvalue weighted by atomic mass is 10.1. The summed E-state index contributed by atoms with van der Waals surface area (Å²) in [6.07, 6.45) is 2.98. The summed E-state index contributed by atoms with van der Waals surface area (Å²) < 4.78 is 10.9. The Morgan fingerprint density at radius 2 is 1.68 bits per heavy atom. The molecule has 0 aromatic heterocycles. The third kappa shape index (κ3) is 8.66. The first-order valence-corrected chi connectivity index (χ1v) is 11.4. The number of carbonyl (C=O) groups excluding carboxylic acids is 3. The Labute approximate surface area is 215 Å². The number of ether oxygens (including phenoxy) is 2. The number of nitrogens with one attached hydrogen (secondary N) is 3. The van der Waals surface area contributed by atoms with Crippen LogP contribution < -0.4 is 25.5 Å². The van der Waals surface area contributed by atoms with E-state index in [1.165, 1.54) is 6.21 Å². The molecule has 190 valence electrons. The molecule has 3 aromatic carbocycles. The van der Waals surface area contributed by atoms with E-state index in [1.54, 1.807) is 54.6 Å². The molecular weight excluding hydrogens is 472 g/mol. The summed E-state index contributed by atoms with van der Waals surface area (Å²) in [7, 11) is 0. The van der Waals surface area contributed by atoms with Gasteiger partial charge >= 0.3 is 11.8 Å². The molecule has 0 aliphatic carbocycles. The van der Waals surface area contributed by atoms with Gasteiger partial charge in [-0.05, 0) is 67.4 Å². The van der Waals surface area contributed by atoms with E-state index >= 15 is 0 Å². The van der Waals surface area contributed by atoms with Crippen molar-refractivity contribution < 1.29 is 23.9 Å². The summed E-state index contributed by atoms with van der Waals surface area (Å²) in [5.41, 5.74) is 6.02. The second-order valence-electron chi connectivity index (χ2n) is 8.01. The van der Waals surface area contributed by atoms with Crippen molar-refractivity contribution in [1.82, 2.24) is 5.43 Å². The minimum absolute atomic E-state index is 0.174. The third-order valence-corrected chi connectivity index (χ3v) is 4.95. The van der Waals surface area contributed by atoms with Crippen LogP contribution in [0.3, 0.4) is 0 Å². The Morgan fingerprint density at radius 1 is 0.892 bits per heavy atom. The highest BCUT2D eigenvalue weighted by Crippen LogP contribution is 2.17. The molecular formula is C28H28N4O5. The molecule has 9 heteroatoms. The Balaban J connectivity index is 1.46. The molecule has 3 N–H and O–H groups in total. The number of hydrogen-bond acceptors (Lipinski definition) is 6. The van der Waals surface area contributed by atoms with Gasteiger partial charge in [-0.25, -0.2) is 5.43 Å². The zero-order chi connectivity index (χ0) is 26.6. The number of hydrogen-bond donors (Lipinski definition) is 3. The van der Waals surface area contributed by atoms with Crippen LogP contribution in [-0.4, -0.2) is 37.1 Å². The van der Waals surface area contributed by atoms with Crippen LogP contribution in [-0.2, 0) is 14.4 Å². The first-order valence-electron chi connectivity index (χ1n) is 11.4. The summed E-state index contributed by atoms with van der Waals surface area (Å²) in [5, 5.41) is 9.11. The van der Waals surface area contributed by atoms with E-state index in [1.807, 2.05) is 32.0 Å². The van der Waals surface area contributed by atoms with Gasteiger partial charge in [0.25, 0.3) is 5.91 Å². The molecule has 0 atom stereocenters. The van der Waals surface area contributed by atoms with Crippen molar-refractivity contribution in [1.29, 1.82) is 0 Å². The van der Waals surface area contributed by atoms with Gasteiger partial charge in [-0.2, -0.15) is 5.10 Å². The fraction of sp³-hybridized carbons (Fsp3) is 0.143. The summed E-state index contributed by atoms with van der Waals surface area (Å²) >= 11 is 0. The molecule has 0 aliphatic rings. The molecule has 0 saturated carbocycles. The highest BCUT2D eigenvalue weighted by Gasteiger charge is 2.13. The van der Waals surface area contributed by atoms with Crippen LogP contribution in [0.5, 0.6) is 11.5 Å². The predicted molar refractivity (Wildman–Crippen MR) is 143 cm³/mol. The van der Waals surface area contributed by atoms with Gasteiger partial charge in [0.2, 0.25) is 0 Å². The van der Waals surface area contributed by atoms with Crippen LogP contribution in [0.4, 0.5) is 11.4 Å². The lowest BCUT2D eigenvalue weighted by Crippen LogP contribution is -2.32. The first-order chi connectivity index (χ1) is 17.8. The fourth-order valence-corrected chi connectivity index (χ4v) is 3.17. The van der Waals surface area contributed by atoms with Gasteiger partial charge in [0.15, 0.2) is 6.61 Å². The molecule has 3 rings (SSSR count). The van der Waals surface area contributed by atoms with E-state index in [2.05, 4.69) is 27.7 Å². The molecule has 0 heterocycles. The van der Waals surface area contributed by atoms with E-state index in [4.69, 9.17) is 9.47 Å². The van der Waals surface area contributed by atoms with Gasteiger partial charge in [0.05, 0.1) is 6.21 Å². The number of carbonyl (C=O) groups is 3. The van der Waals surface area contributed by atoms with Crippen molar-refractivity contribution in [2.24, 2.45) is 5.10 Å². The molecule has 0 saturated heterocycles. The Kier molecular flexibility index (Phi) is 9.55. The maximum atomic E-state index is 12.3. The largest absolute Gasteiger partial charge is 0.490 e. The van der Waals surface area contributed by atoms with E-state index in [0.717, 1.165) is 16.8 Å². The maximum Gasteiger partial charge on any atom is 0.329 e. The second-order valence-corrected chi connectivity index (χ2v) is 8.01. The number of amides is 3. The summed E-state index contributed by atoms with van der Waals surface area (Å²) in [6, 6.07) is 19.1. The van der Waals surface area contributed by atoms with E-state index < -0.39 is 11.8 Å². The minimum atomic E-state index is -0.932. The normalized spacial score (nSPS) is 10.4. The molecule has 0 fully saturated rings. The average Bonchev–Trinajstić information content (AvgIpc) is 2.89. The maximum absolute atomic E-state index is 12.3. The Morgan fingerprint density at radius 3 is 2.41 bits per heavy atom. The molecule has 0 unspecified atom stereocenters. The highest BCUT2D eigenvalue weighted by molar-refractivity contribution is 6.39. The fourth-order valence-electron chi connectivity index (χ4n) is 3.17. The van der Waals surface area contributed by atoms with Gasteiger partial charge in [0, 0.05) is 11.4 Å². The number of anilines is 2. The number of hydrazone groups is 1. The van der Waals surface area contributed by atoms with E-state index in [-0.39, 0.29) is 12.5 Å². The highest BCUT2D eigenvalue weighted by atomic mass is 16.5. The van der Waals surface area contributed by atoms with Gasteiger partial charge in [-0.3, -0.25) is 14.4 Å². The first kappa shape index (κ1) is 26.7. The van der Waals surface area contributed by atoms with Crippen molar-refractivity contribution in [3.05, 3.63) is 96.1 Å². The number of aryl methyl sites for hydroxylation is 2. The van der Waals surface area contributed by atoms with Crippen LogP contribution in [0.1, 0.15) is 16.7 Å². The van der Waals surface area contributed by atoms with Crippen molar-refractivity contribution in [3.63, 3.8) is 0 Å². The lowest BCUT2D eigenvalue weighted by molar-refractivity contribution is -0.136.